The molecule has 2 fully saturated rings. The number of carbonyl (C=O) groups is 2. The standard InChI is InChI=1S/C23H28ClFN6O4S/c1-14-4-3-9-26-21(14)31-10-7-15(8-11-31)27-22(32)19-13-20(30(2)36(34,35)29-19)23(33)28-16-5-6-18(25)17(24)12-16/h3-6,9,12,15,19-20,29H,7-8,10-11,13H2,1-2H3,(H,27,32)(H,28,33). The highest BCUT2D eigenvalue weighted by Gasteiger charge is 2.43. The van der Waals surface area contributed by atoms with E-state index in [-0.39, 0.29) is 23.2 Å². The molecule has 2 atom stereocenters. The van der Waals surface area contributed by atoms with E-state index in [1.54, 1.807) is 6.20 Å². The van der Waals surface area contributed by atoms with Crippen molar-refractivity contribution in [2.75, 3.05) is 30.4 Å². The molecule has 1 aromatic carbocycles. The Morgan fingerprint density at radius 3 is 2.58 bits per heavy atom. The lowest BCUT2D eigenvalue weighted by molar-refractivity contribution is -0.125. The number of pyridine rings is 1. The Bertz CT molecular complexity index is 1250. The molecule has 0 radical (unpaired) electrons. The molecule has 194 valence electrons. The number of carbonyl (C=O) groups excluding carboxylic acids is 2. The first-order chi connectivity index (χ1) is 17.0. The summed E-state index contributed by atoms with van der Waals surface area (Å²) >= 11 is 5.76. The van der Waals surface area contributed by atoms with Crippen molar-refractivity contribution in [3.8, 4) is 0 Å². The second kappa shape index (κ2) is 10.7. The topological polar surface area (TPSA) is 124 Å². The first-order valence-corrected chi connectivity index (χ1v) is 13.3. The highest BCUT2D eigenvalue weighted by atomic mass is 35.5. The van der Waals surface area contributed by atoms with Crippen LogP contribution >= 0.6 is 11.6 Å². The maximum absolute atomic E-state index is 13.4. The molecule has 0 bridgehead atoms. The predicted molar refractivity (Wildman–Crippen MR) is 134 cm³/mol. The van der Waals surface area contributed by atoms with Gasteiger partial charge in [0.1, 0.15) is 23.7 Å². The summed E-state index contributed by atoms with van der Waals surface area (Å²) in [6.07, 6.45) is 3.03. The molecule has 2 aliphatic heterocycles. The van der Waals surface area contributed by atoms with E-state index in [0.717, 1.165) is 21.8 Å². The van der Waals surface area contributed by atoms with Crippen LogP contribution in [0.25, 0.3) is 0 Å². The molecule has 0 spiro atoms. The van der Waals surface area contributed by atoms with Crippen LogP contribution in [0.4, 0.5) is 15.9 Å². The van der Waals surface area contributed by atoms with Crippen LogP contribution in [-0.4, -0.2) is 67.8 Å². The first-order valence-electron chi connectivity index (χ1n) is 11.5. The number of halogens is 2. The first kappa shape index (κ1) is 26.3. The molecule has 2 unspecified atom stereocenters. The summed E-state index contributed by atoms with van der Waals surface area (Å²) < 4.78 is 42.0. The van der Waals surface area contributed by atoms with Crippen LogP contribution in [0.2, 0.25) is 5.02 Å². The predicted octanol–water partition coefficient (Wildman–Crippen LogP) is 1.81. The Hall–Kier alpha value is -2.80. The van der Waals surface area contributed by atoms with Gasteiger partial charge in [-0.1, -0.05) is 17.7 Å². The molecule has 4 rings (SSSR count). The molecule has 13 heteroatoms. The van der Waals surface area contributed by atoms with Crippen LogP contribution in [-0.2, 0) is 19.8 Å². The van der Waals surface area contributed by atoms with E-state index in [1.807, 2.05) is 19.1 Å². The number of aromatic nitrogens is 1. The zero-order valence-corrected chi connectivity index (χ0v) is 21.4. The minimum Gasteiger partial charge on any atom is -0.356 e. The Morgan fingerprint density at radius 1 is 1.19 bits per heavy atom. The van der Waals surface area contributed by atoms with Gasteiger partial charge in [-0.15, -0.1) is 0 Å². The van der Waals surface area contributed by atoms with E-state index >= 15 is 0 Å². The van der Waals surface area contributed by atoms with Crippen LogP contribution in [0, 0.1) is 12.7 Å². The maximum atomic E-state index is 13.4. The van der Waals surface area contributed by atoms with Crippen molar-refractivity contribution in [2.24, 2.45) is 0 Å². The van der Waals surface area contributed by atoms with Crippen LogP contribution in [0.15, 0.2) is 36.5 Å². The highest BCUT2D eigenvalue weighted by molar-refractivity contribution is 7.87. The summed E-state index contributed by atoms with van der Waals surface area (Å²) in [7, 11) is -2.83. The normalized spacial score (nSPS) is 22.7. The molecule has 2 aromatic rings. The lowest BCUT2D eigenvalue weighted by atomic mass is 10.0. The average molecular weight is 539 g/mol. The van der Waals surface area contributed by atoms with Crippen LogP contribution < -0.4 is 20.3 Å². The van der Waals surface area contributed by atoms with Crippen LogP contribution in [0.5, 0.6) is 0 Å². The molecule has 2 aliphatic rings. The molecule has 3 N–H and O–H groups in total. The van der Waals surface area contributed by atoms with Gasteiger partial charge in [0.15, 0.2) is 0 Å². The molecule has 2 amide bonds. The summed E-state index contributed by atoms with van der Waals surface area (Å²) in [6, 6.07) is 5.13. The molecular formula is C23H28ClFN6O4S. The molecular weight excluding hydrogens is 511 g/mol. The fourth-order valence-corrected chi connectivity index (χ4v) is 5.85. The average Bonchev–Trinajstić information content (AvgIpc) is 2.84. The quantitative estimate of drug-likeness (QED) is 0.533. The molecule has 0 aliphatic carbocycles. The fourth-order valence-electron chi connectivity index (χ4n) is 4.43. The van der Waals surface area contributed by atoms with Crippen molar-refractivity contribution >= 4 is 45.1 Å². The van der Waals surface area contributed by atoms with E-state index in [0.29, 0.717) is 25.9 Å². The molecule has 36 heavy (non-hydrogen) atoms. The van der Waals surface area contributed by atoms with E-state index in [9.17, 15) is 22.4 Å². The number of hydrogen-bond donors (Lipinski definition) is 3. The van der Waals surface area contributed by atoms with Gasteiger partial charge in [-0.05, 0) is 56.0 Å². The van der Waals surface area contributed by atoms with Gasteiger partial charge in [-0.3, -0.25) is 9.59 Å². The maximum Gasteiger partial charge on any atom is 0.280 e. The van der Waals surface area contributed by atoms with Gasteiger partial charge >= 0.3 is 0 Å². The Morgan fingerprint density at radius 2 is 1.92 bits per heavy atom. The Labute approximate surface area is 214 Å². The second-order valence-corrected chi connectivity index (χ2v) is 11.1. The smallest absolute Gasteiger partial charge is 0.280 e. The van der Waals surface area contributed by atoms with Crippen molar-refractivity contribution in [3.05, 3.63) is 52.9 Å². The van der Waals surface area contributed by atoms with E-state index in [2.05, 4.69) is 25.2 Å². The van der Waals surface area contributed by atoms with E-state index in [1.165, 1.54) is 19.2 Å². The van der Waals surface area contributed by atoms with Gasteiger partial charge in [0, 0.05) is 38.1 Å². The number of nitrogens with one attached hydrogen (secondary N) is 3. The molecule has 3 heterocycles. The van der Waals surface area contributed by atoms with Crippen molar-refractivity contribution < 1.29 is 22.4 Å². The van der Waals surface area contributed by atoms with Crippen molar-refractivity contribution in [2.45, 2.75) is 44.3 Å². The zero-order valence-electron chi connectivity index (χ0n) is 19.9. The summed E-state index contributed by atoms with van der Waals surface area (Å²) in [5.41, 5.74) is 1.29. The lowest BCUT2D eigenvalue weighted by Crippen LogP contribution is -2.63. The number of benzene rings is 1. The third-order valence-electron chi connectivity index (χ3n) is 6.50. The molecule has 2 saturated heterocycles. The number of hydrogen-bond acceptors (Lipinski definition) is 6. The number of aryl methyl sites for hydroxylation is 1. The zero-order chi connectivity index (χ0) is 26.0. The summed E-state index contributed by atoms with van der Waals surface area (Å²) in [6.45, 7) is 3.40. The minimum atomic E-state index is -4.09. The van der Waals surface area contributed by atoms with Gasteiger partial charge in [0.05, 0.1) is 5.02 Å². The number of anilines is 2. The highest BCUT2D eigenvalue weighted by Crippen LogP contribution is 2.24. The van der Waals surface area contributed by atoms with Crippen molar-refractivity contribution in [1.82, 2.24) is 19.3 Å². The van der Waals surface area contributed by atoms with Crippen LogP contribution in [0.3, 0.4) is 0 Å². The summed E-state index contributed by atoms with van der Waals surface area (Å²) in [5, 5.41) is 5.29. The van der Waals surface area contributed by atoms with Crippen molar-refractivity contribution in [1.29, 1.82) is 0 Å². The minimum absolute atomic E-state index is 0.0751. The molecule has 0 saturated carbocycles. The van der Waals surface area contributed by atoms with E-state index < -0.39 is 39.9 Å². The van der Waals surface area contributed by atoms with Gasteiger partial charge < -0.3 is 15.5 Å². The third kappa shape index (κ3) is 5.77. The third-order valence-corrected chi connectivity index (χ3v) is 8.38. The lowest BCUT2D eigenvalue weighted by Gasteiger charge is -2.37. The van der Waals surface area contributed by atoms with E-state index in [4.69, 9.17) is 11.6 Å². The largest absolute Gasteiger partial charge is 0.356 e. The number of likely N-dealkylation sites (N-methyl/N-ethyl adjacent to an activating group) is 1. The van der Waals surface area contributed by atoms with Gasteiger partial charge in [-0.25, -0.2) is 9.37 Å². The fraction of sp³-hybridized carbons (Fsp3) is 0.435. The van der Waals surface area contributed by atoms with Gasteiger partial charge in [-0.2, -0.15) is 17.4 Å². The van der Waals surface area contributed by atoms with Gasteiger partial charge in [0.25, 0.3) is 10.2 Å². The number of rotatable bonds is 5. The summed E-state index contributed by atoms with van der Waals surface area (Å²) in [5.74, 6) is -0.862. The second-order valence-electron chi connectivity index (χ2n) is 8.98. The summed E-state index contributed by atoms with van der Waals surface area (Å²) in [4.78, 5) is 32.5. The van der Waals surface area contributed by atoms with Crippen molar-refractivity contribution in [3.63, 3.8) is 0 Å². The number of amides is 2. The molecule has 1 aromatic heterocycles. The number of nitrogens with zero attached hydrogens (tertiary/aromatic N) is 3. The Balaban J connectivity index is 1.38. The monoisotopic (exact) mass is 538 g/mol. The SMILES string of the molecule is Cc1cccnc1N1CCC(NC(=O)C2CC(C(=O)Nc3ccc(F)c(Cl)c3)N(C)S(=O)(=O)N2)CC1. The number of piperidine rings is 1. The Kier molecular flexibility index (Phi) is 7.79. The van der Waals surface area contributed by atoms with Gasteiger partial charge in [0.2, 0.25) is 11.8 Å². The van der Waals surface area contributed by atoms with Crippen LogP contribution in [0.1, 0.15) is 24.8 Å². The molecule has 10 nitrogen and oxygen atoms in total.